The summed E-state index contributed by atoms with van der Waals surface area (Å²) in [4.78, 5) is 13.4. The highest BCUT2D eigenvalue weighted by Gasteiger charge is 2.35. The lowest BCUT2D eigenvalue weighted by atomic mass is 10.1. The van der Waals surface area contributed by atoms with E-state index in [1.807, 2.05) is 0 Å². The van der Waals surface area contributed by atoms with Crippen molar-refractivity contribution in [3.63, 3.8) is 0 Å². The maximum atomic E-state index is 14.0. The van der Waals surface area contributed by atoms with E-state index in [1.165, 1.54) is 4.90 Å². The van der Waals surface area contributed by atoms with Crippen LogP contribution in [0.5, 0.6) is 0 Å². The molecule has 2 aromatic carbocycles. The van der Waals surface area contributed by atoms with E-state index in [4.69, 9.17) is 16.0 Å². The third-order valence-electron chi connectivity index (χ3n) is 5.15. The van der Waals surface area contributed by atoms with Crippen molar-refractivity contribution in [3.05, 3.63) is 64.4 Å². The Morgan fingerprint density at radius 1 is 1.03 bits per heavy atom. The number of aryl methyl sites for hydroxylation is 1. The van der Waals surface area contributed by atoms with Crippen LogP contribution in [0.1, 0.15) is 16.1 Å². The Balaban J connectivity index is 1.55. The molecule has 0 unspecified atom stereocenters. The maximum Gasteiger partial charge on any atom is 0.289 e. The molecule has 3 aromatic rings. The molecular formula is C20H17ClF2N2O4S. The molecule has 0 N–H and O–H groups in total. The Kier molecular flexibility index (Phi) is 5.29. The highest BCUT2D eigenvalue weighted by molar-refractivity contribution is 7.89. The number of piperazine rings is 1. The first-order chi connectivity index (χ1) is 14.2. The fourth-order valence-corrected chi connectivity index (χ4v) is 5.29. The summed E-state index contributed by atoms with van der Waals surface area (Å²) in [7, 11) is -4.37. The summed E-state index contributed by atoms with van der Waals surface area (Å²) in [6, 6.07) is 8.10. The number of carbonyl (C=O) groups excluding carboxylic acids is 1. The van der Waals surface area contributed by atoms with Gasteiger partial charge in [0.15, 0.2) is 16.2 Å². The van der Waals surface area contributed by atoms with Gasteiger partial charge in [0.2, 0.25) is 10.0 Å². The largest absolute Gasteiger partial charge is 0.449 e. The van der Waals surface area contributed by atoms with Crippen LogP contribution in [0.3, 0.4) is 0 Å². The molecular weight excluding hydrogens is 438 g/mol. The van der Waals surface area contributed by atoms with Gasteiger partial charge in [0.1, 0.15) is 11.6 Å². The number of fused-ring (bicyclic) bond motifs is 1. The Morgan fingerprint density at radius 3 is 2.23 bits per heavy atom. The highest BCUT2D eigenvalue weighted by Crippen LogP contribution is 2.32. The number of hydrogen-bond donors (Lipinski definition) is 0. The highest BCUT2D eigenvalue weighted by atomic mass is 35.5. The van der Waals surface area contributed by atoms with E-state index >= 15 is 0 Å². The third-order valence-corrected chi connectivity index (χ3v) is 7.40. The lowest BCUT2D eigenvalue weighted by Gasteiger charge is -2.33. The lowest BCUT2D eigenvalue weighted by Crippen LogP contribution is -2.50. The number of nitrogens with zero attached hydrogens (tertiary/aromatic N) is 2. The van der Waals surface area contributed by atoms with Crippen molar-refractivity contribution in [1.29, 1.82) is 0 Å². The molecule has 1 amide bonds. The smallest absolute Gasteiger partial charge is 0.289 e. The first-order valence-electron chi connectivity index (χ1n) is 9.13. The van der Waals surface area contributed by atoms with Crippen LogP contribution in [0.15, 0.2) is 45.7 Å². The fourth-order valence-electron chi connectivity index (χ4n) is 3.55. The molecule has 0 bridgehead atoms. The standard InChI is InChI=1S/C20H17ClF2N2O4S/c1-12-13-4-2-5-14(21)18(13)29-17(12)20(26)24-8-10-25(11-9-24)30(27,28)19-15(22)6-3-7-16(19)23/h2-7H,8-11H2,1H3. The molecule has 0 atom stereocenters. The van der Waals surface area contributed by atoms with Crippen LogP contribution in [0.4, 0.5) is 8.78 Å². The molecule has 1 fully saturated rings. The Hall–Kier alpha value is -2.49. The summed E-state index contributed by atoms with van der Waals surface area (Å²) in [5.74, 6) is -2.56. The van der Waals surface area contributed by atoms with Crippen LogP contribution in [0, 0.1) is 18.6 Å². The van der Waals surface area contributed by atoms with Crippen molar-refractivity contribution in [2.24, 2.45) is 0 Å². The number of furan rings is 1. The molecule has 30 heavy (non-hydrogen) atoms. The minimum absolute atomic E-state index is 0.0539. The van der Waals surface area contributed by atoms with Gasteiger partial charge in [-0.05, 0) is 25.1 Å². The van der Waals surface area contributed by atoms with Gasteiger partial charge >= 0.3 is 0 Å². The molecule has 0 aliphatic carbocycles. The molecule has 1 aliphatic rings. The molecule has 1 saturated heterocycles. The van der Waals surface area contributed by atoms with Crippen LogP contribution < -0.4 is 0 Å². The summed E-state index contributed by atoms with van der Waals surface area (Å²) in [6.07, 6.45) is 0. The SMILES string of the molecule is Cc1c(C(=O)N2CCN(S(=O)(=O)c3c(F)cccc3F)CC2)oc2c(Cl)cccc12. The quantitative estimate of drug-likeness (QED) is 0.603. The van der Waals surface area contributed by atoms with Gasteiger partial charge in [-0.1, -0.05) is 29.8 Å². The molecule has 0 saturated carbocycles. The molecule has 6 nitrogen and oxygen atoms in total. The molecule has 10 heteroatoms. The molecule has 2 heterocycles. The van der Waals surface area contributed by atoms with Crippen LogP contribution in [-0.4, -0.2) is 49.7 Å². The van der Waals surface area contributed by atoms with E-state index in [0.717, 1.165) is 27.9 Å². The van der Waals surface area contributed by atoms with Gasteiger partial charge in [0.25, 0.3) is 5.91 Å². The molecule has 0 radical (unpaired) electrons. The van der Waals surface area contributed by atoms with E-state index in [-0.39, 0.29) is 31.9 Å². The van der Waals surface area contributed by atoms with E-state index in [1.54, 1.807) is 25.1 Å². The lowest BCUT2D eigenvalue weighted by molar-refractivity contribution is 0.0667. The number of amides is 1. The van der Waals surface area contributed by atoms with Crippen LogP contribution in [0.2, 0.25) is 5.02 Å². The van der Waals surface area contributed by atoms with E-state index in [0.29, 0.717) is 16.2 Å². The van der Waals surface area contributed by atoms with Gasteiger partial charge in [-0.25, -0.2) is 17.2 Å². The van der Waals surface area contributed by atoms with Crippen molar-refractivity contribution >= 4 is 38.5 Å². The van der Waals surface area contributed by atoms with Gasteiger partial charge in [-0.15, -0.1) is 0 Å². The second kappa shape index (κ2) is 7.64. The number of carbonyl (C=O) groups is 1. The van der Waals surface area contributed by atoms with Crippen molar-refractivity contribution in [1.82, 2.24) is 9.21 Å². The van der Waals surface area contributed by atoms with E-state index in [9.17, 15) is 22.0 Å². The van der Waals surface area contributed by atoms with Crippen LogP contribution >= 0.6 is 11.6 Å². The zero-order valence-electron chi connectivity index (χ0n) is 15.9. The predicted octanol–water partition coefficient (Wildman–Crippen LogP) is 3.82. The second-order valence-corrected chi connectivity index (χ2v) is 9.20. The predicted molar refractivity (Wildman–Crippen MR) is 107 cm³/mol. The first kappa shape index (κ1) is 20.8. The number of sulfonamides is 1. The van der Waals surface area contributed by atoms with E-state index < -0.39 is 32.5 Å². The Labute approximate surface area is 176 Å². The fraction of sp³-hybridized carbons (Fsp3) is 0.250. The van der Waals surface area contributed by atoms with Crippen molar-refractivity contribution in [2.75, 3.05) is 26.2 Å². The van der Waals surface area contributed by atoms with Crippen LogP contribution in [0.25, 0.3) is 11.0 Å². The average Bonchev–Trinajstić information content (AvgIpc) is 3.05. The molecule has 4 rings (SSSR count). The minimum Gasteiger partial charge on any atom is -0.449 e. The topological polar surface area (TPSA) is 70.8 Å². The number of para-hydroxylation sites is 1. The Bertz CT molecular complexity index is 1230. The van der Waals surface area contributed by atoms with Crippen molar-refractivity contribution in [2.45, 2.75) is 11.8 Å². The number of benzene rings is 2. The van der Waals surface area contributed by atoms with Gasteiger partial charge < -0.3 is 9.32 Å². The van der Waals surface area contributed by atoms with Gasteiger partial charge in [-0.2, -0.15) is 4.31 Å². The molecule has 158 valence electrons. The molecule has 0 spiro atoms. The maximum absolute atomic E-state index is 14.0. The number of rotatable bonds is 3. The molecule has 1 aliphatic heterocycles. The summed E-state index contributed by atoms with van der Waals surface area (Å²) in [5.41, 5.74) is 1.05. The van der Waals surface area contributed by atoms with Crippen molar-refractivity contribution in [3.8, 4) is 0 Å². The minimum atomic E-state index is -4.37. The first-order valence-corrected chi connectivity index (χ1v) is 10.9. The zero-order valence-corrected chi connectivity index (χ0v) is 17.4. The van der Waals surface area contributed by atoms with Gasteiger partial charge in [0.05, 0.1) is 5.02 Å². The number of hydrogen-bond acceptors (Lipinski definition) is 4. The summed E-state index contributed by atoms with van der Waals surface area (Å²) in [6.45, 7) is 1.66. The second-order valence-electron chi connectivity index (χ2n) is 6.92. The van der Waals surface area contributed by atoms with E-state index in [2.05, 4.69) is 0 Å². The normalized spacial score (nSPS) is 15.7. The zero-order chi connectivity index (χ0) is 21.6. The monoisotopic (exact) mass is 454 g/mol. The van der Waals surface area contributed by atoms with Gasteiger partial charge in [0, 0.05) is 37.1 Å². The number of halogens is 3. The summed E-state index contributed by atoms with van der Waals surface area (Å²) < 4.78 is 60.0. The van der Waals surface area contributed by atoms with Crippen molar-refractivity contribution < 1.29 is 26.4 Å². The molecule has 1 aromatic heterocycles. The van der Waals surface area contributed by atoms with Gasteiger partial charge in [-0.3, -0.25) is 4.79 Å². The summed E-state index contributed by atoms with van der Waals surface area (Å²) in [5, 5.41) is 1.11. The Morgan fingerprint density at radius 2 is 1.63 bits per heavy atom. The third kappa shape index (κ3) is 3.36. The average molecular weight is 455 g/mol. The van der Waals surface area contributed by atoms with Crippen LogP contribution in [-0.2, 0) is 10.0 Å². The summed E-state index contributed by atoms with van der Waals surface area (Å²) >= 11 is 6.13.